The summed E-state index contributed by atoms with van der Waals surface area (Å²) >= 11 is 1.86. The van der Waals surface area contributed by atoms with Gasteiger partial charge < -0.3 is 5.32 Å². The van der Waals surface area contributed by atoms with Gasteiger partial charge in [0.2, 0.25) is 0 Å². The van der Waals surface area contributed by atoms with E-state index in [0.29, 0.717) is 12.1 Å². The van der Waals surface area contributed by atoms with Gasteiger partial charge in [-0.05, 0) is 26.7 Å². The standard InChI is InChI=1S/C13H21N3S/c1-9-6-16(10(2)5-14-9)7-12-8-17-13(15-12)11-3-4-11/h8-11,14H,3-7H2,1-2H3. The Labute approximate surface area is 107 Å². The summed E-state index contributed by atoms with van der Waals surface area (Å²) in [5.74, 6) is 0.799. The zero-order chi connectivity index (χ0) is 11.8. The summed E-state index contributed by atoms with van der Waals surface area (Å²) < 4.78 is 0. The van der Waals surface area contributed by atoms with Gasteiger partial charge in [0.25, 0.3) is 0 Å². The lowest BCUT2D eigenvalue weighted by molar-refractivity contribution is 0.137. The Morgan fingerprint density at radius 1 is 1.47 bits per heavy atom. The first-order valence-electron chi connectivity index (χ1n) is 6.64. The first-order chi connectivity index (χ1) is 8.22. The van der Waals surface area contributed by atoms with Gasteiger partial charge in [0.05, 0.1) is 10.7 Å². The largest absolute Gasteiger partial charge is 0.311 e. The Kier molecular flexibility index (Phi) is 3.19. The van der Waals surface area contributed by atoms with E-state index in [4.69, 9.17) is 4.98 Å². The lowest BCUT2D eigenvalue weighted by atomic mass is 10.1. The Balaban J connectivity index is 1.63. The number of thiazole rings is 1. The maximum atomic E-state index is 4.78. The molecule has 1 aromatic rings. The highest BCUT2D eigenvalue weighted by Gasteiger charge is 2.27. The fourth-order valence-corrected chi connectivity index (χ4v) is 3.42. The second kappa shape index (κ2) is 4.67. The summed E-state index contributed by atoms with van der Waals surface area (Å²) in [5, 5.41) is 7.15. The molecule has 1 aromatic heterocycles. The molecule has 2 aliphatic rings. The monoisotopic (exact) mass is 251 g/mol. The van der Waals surface area contributed by atoms with Gasteiger partial charge in [0.15, 0.2) is 0 Å². The molecule has 1 N–H and O–H groups in total. The molecule has 0 spiro atoms. The number of aromatic nitrogens is 1. The molecule has 1 saturated heterocycles. The lowest BCUT2D eigenvalue weighted by Gasteiger charge is -2.37. The van der Waals surface area contributed by atoms with Crippen molar-refractivity contribution in [3.05, 3.63) is 16.1 Å². The van der Waals surface area contributed by atoms with Crippen LogP contribution in [-0.2, 0) is 6.54 Å². The molecule has 3 rings (SSSR count). The van der Waals surface area contributed by atoms with Crippen LogP contribution in [0.4, 0.5) is 0 Å². The van der Waals surface area contributed by atoms with Gasteiger partial charge in [0.1, 0.15) is 0 Å². The van der Waals surface area contributed by atoms with E-state index in [9.17, 15) is 0 Å². The quantitative estimate of drug-likeness (QED) is 0.892. The van der Waals surface area contributed by atoms with E-state index < -0.39 is 0 Å². The number of nitrogens with zero attached hydrogens (tertiary/aromatic N) is 2. The molecule has 0 amide bonds. The van der Waals surface area contributed by atoms with Gasteiger partial charge in [-0.15, -0.1) is 11.3 Å². The topological polar surface area (TPSA) is 28.2 Å². The number of hydrogen-bond donors (Lipinski definition) is 1. The average molecular weight is 251 g/mol. The van der Waals surface area contributed by atoms with Gasteiger partial charge in [-0.1, -0.05) is 0 Å². The third kappa shape index (κ3) is 2.69. The van der Waals surface area contributed by atoms with Gasteiger partial charge in [-0.25, -0.2) is 4.98 Å². The molecule has 1 saturated carbocycles. The van der Waals surface area contributed by atoms with Crippen molar-refractivity contribution in [2.45, 2.75) is 51.2 Å². The van der Waals surface area contributed by atoms with Crippen molar-refractivity contribution in [1.29, 1.82) is 0 Å². The molecule has 0 bridgehead atoms. The number of hydrogen-bond acceptors (Lipinski definition) is 4. The number of nitrogens with one attached hydrogen (secondary N) is 1. The summed E-state index contributed by atoms with van der Waals surface area (Å²) in [7, 11) is 0. The van der Waals surface area contributed by atoms with E-state index in [1.54, 1.807) is 0 Å². The fourth-order valence-electron chi connectivity index (χ4n) is 2.44. The molecule has 2 heterocycles. The molecule has 1 aliphatic heterocycles. The van der Waals surface area contributed by atoms with Crippen LogP contribution in [0.3, 0.4) is 0 Å². The SMILES string of the molecule is CC1CN(Cc2csc(C3CC3)n2)C(C)CN1. The van der Waals surface area contributed by atoms with Crippen LogP contribution in [0, 0.1) is 0 Å². The highest BCUT2D eigenvalue weighted by molar-refractivity contribution is 7.09. The van der Waals surface area contributed by atoms with Crippen LogP contribution in [0.1, 0.15) is 43.3 Å². The second-order valence-corrected chi connectivity index (χ2v) is 6.43. The van der Waals surface area contributed by atoms with Crippen molar-refractivity contribution in [2.24, 2.45) is 0 Å². The minimum atomic E-state index is 0.604. The maximum Gasteiger partial charge on any atom is 0.0959 e. The summed E-state index contributed by atoms with van der Waals surface area (Å²) in [6.07, 6.45) is 2.71. The first-order valence-corrected chi connectivity index (χ1v) is 7.52. The smallest absolute Gasteiger partial charge is 0.0959 e. The molecule has 17 heavy (non-hydrogen) atoms. The summed E-state index contributed by atoms with van der Waals surface area (Å²) in [4.78, 5) is 7.33. The van der Waals surface area contributed by atoms with Crippen LogP contribution in [0.15, 0.2) is 5.38 Å². The van der Waals surface area contributed by atoms with Crippen LogP contribution in [0.25, 0.3) is 0 Å². The van der Waals surface area contributed by atoms with Crippen LogP contribution in [0.2, 0.25) is 0 Å². The van der Waals surface area contributed by atoms with Gasteiger partial charge in [-0.3, -0.25) is 4.90 Å². The molecule has 4 heteroatoms. The Hall–Kier alpha value is -0.450. The van der Waals surface area contributed by atoms with Crippen molar-refractivity contribution < 1.29 is 0 Å². The zero-order valence-corrected chi connectivity index (χ0v) is 11.5. The van der Waals surface area contributed by atoms with E-state index in [1.807, 2.05) is 11.3 Å². The first kappa shape index (κ1) is 11.6. The van der Waals surface area contributed by atoms with Gasteiger partial charge in [0, 0.05) is 43.0 Å². The van der Waals surface area contributed by atoms with Crippen molar-refractivity contribution in [3.63, 3.8) is 0 Å². The molecule has 2 fully saturated rings. The Morgan fingerprint density at radius 2 is 2.29 bits per heavy atom. The van der Waals surface area contributed by atoms with E-state index in [-0.39, 0.29) is 0 Å². The van der Waals surface area contributed by atoms with E-state index in [2.05, 4.69) is 29.4 Å². The molecule has 3 nitrogen and oxygen atoms in total. The van der Waals surface area contributed by atoms with Crippen LogP contribution in [0.5, 0.6) is 0 Å². The Bertz CT molecular complexity index is 386. The molecule has 94 valence electrons. The summed E-state index contributed by atoms with van der Waals surface area (Å²) in [6.45, 7) is 7.82. The van der Waals surface area contributed by atoms with Crippen molar-refractivity contribution in [2.75, 3.05) is 13.1 Å². The minimum absolute atomic E-state index is 0.604. The molecule has 2 atom stereocenters. The maximum absolute atomic E-state index is 4.78. The van der Waals surface area contributed by atoms with E-state index in [1.165, 1.54) is 23.5 Å². The van der Waals surface area contributed by atoms with E-state index >= 15 is 0 Å². The third-order valence-electron chi connectivity index (χ3n) is 3.75. The zero-order valence-electron chi connectivity index (χ0n) is 10.6. The molecule has 1 aliphatic carbocycles. The highest BCUT2D eigenvalue weighted by Crippen LogP contribution is 2.41. The molecular formula is C13H21N3S. The minimum Gasteiger partial charge on any atom is -0.311 e. The highest BCUT2D eigenvalue weighted by atomic mass is 32.1. The van der Waals surface area contributed by atoms with Crippen molar-refractivity contribution in [1.82, 2.24) is 15.2 Å². The summed E-state index contributed by atoms with van der Waals surface area (Å²) in [6, 6.07) is 1.23. The molecule has 0 radical (unpaired) electrons. The normalized spacial score (nSPS) is 30.7. The lowest BCUT2D eigenvalue weighted by Crippen LogP contribution is -2.53. The predicted molar refractivity (Wildman–Crippen MR) is 71.4 cm³/mol. The average Bonchev–Trinajstić information content (AvgIpc) is 3.05. The second-order valence-electron chi connectivity index (χ2n) is 5.54. The van der Waals surface area contributed by atoms with Gasteiger partial charge >= 0.3 is 0 Å². The number of rotatable bonds is 3. The molecular weight excluding hydrogens is 230 g/mol. The van der Waals surface area contributed by atoms with Crippen LogP contribution in [-0.4, -0.2) is 35.1 Å². The van der Waals surface area contributed by atoms with Crippen molar-refractivity contribution in [3.8, 4) is 0 Å². The van der Waals surface area contributed by atoms with E-state index in [0.717, 1.165) is 25.6 Å². The van der Waals surface area contributed by atoms with Crippen molar-refractivity contribution >= 4 is 11.3 Å². The molecule has 0 aromatic carbocycles. The summed E-state index contributed by atoms with van der Waals surface area (Å²) in [5.41, 5.74) is 1.28. The third-order valence-corrected chi connectivity index (χ3v) is 4.81. The van der Waals surface area contributed by atoms with Gasteiger partial charge in [-0.2, -0.15) is 0 Å². The van der Waals surface area contributed by atoms with Crippen LogP contribution >= 0.6 is 11.3 Å². The molecule has 2 unspecified atom stereocenters. The number of piperazine rings is 1. The van der Waals surface area contributed by atoms with Crippen LogP contribution < -0.4 is 5.32 Å². The predicted octanol–water partition coefficient (Wildman–Crippen LogP) is 2.20. The fraction of sp³-hybridized carbons (Fsp3) is 0.769. The Morgan fingerprint density at radius 3 is 3.06 bits per heavy atom.